The molecule has 1 aliphatic rings. The zero-order chi connectivity index (χ0) is 10.3. The van der Waals surface area contributed by atoms with Crippen LogP contribution in [0, 0.1) is 13.8 Å². The minimum absolute atomic E-state index is 0.0713. The Balaban J connectivity index is 2.62. The second kappa shape index (κ2) is 3.48. The summed E-state index contributed by atoms with van der Waals surface area (Å²) in [6, 6.07) is 4.19. The lowest BCUT2D eigenvalue weighted by Crippen LogP contribution is -2.22. The van der Waals surface area contributed by atoms with Crippen molar-refractivity contribution in [3.8, 4) is 0 Å². The summed E-state index contributed by atoms with van der Waals surface area (Å²) in [6.07, 6.45) is 0.835. The molecule has 2 N–H and O–H groups in total. The molecule has 1 aliphatic heterocycles. The molecule has 0 saturated carbocycles. The summed E-state index contributed by atoms with van der Waals surface area (Å²) in [6.45, 7) is 4.12. The van der Waals surface area contributed by atoms with Crippen molar-refractivity contribution in [1.29, 1.82) is 0 Å². The number of hydrogen-bond donors (Lipinski definition) is 1. The molecule has 0 radical (unpaired) electrons. The van der Waals surface area contributed by atoms with E-state index < -0.39 is 10.8 Å². The summed E-state index contributed by atoms with van der Waals surface area (Å²) >= 11 is 0. The molecule has 0 bridgehead atoms. The molecule has 14 heavy (non-hydrogen) atoms. The topological polar surface area (TPSA) is 43.1 Å². The van der Waals surface area contributed by atoms with Gasteiger partial charge in [0.05, 0.1) is 10.8 Å². The van der Waals surface area contributed by atoms with E-state index in [9.17, 15) is 4.21 Å². The Morgan fingerprint density at radius 2 is 2.00 bits per heavy atom. The molecule has 2 atom stereocenters. The minimum Gasteiger partial charge on any atom is -0.324 e. The van der Waals surface area contributed by atoms with Crippen molar-refractivity contribution < 1.29 is 4.21 Å². The molecule has 0 saturated heterocycles. The number of benzene rings is 1. The summed E-state index contributed by atoms with van der Waals surface area (Å²) < 4.78 is 11.8. The SMILES string of the molecule is Cc1cc2c(cc1C)S(=O)CCC2N. The Labute approximate surface area is 87.0 Å². The quantitative estimate of drug-likeness (QED) is 0.708. The number of aryl methyl sites for hydroxylation is 2. The first-order valence-corrected chi connectivity index (χ1v) is 6.16. The van der Waals surface area contributed by atoms with Gasteiger partial charge in [0.15, 0.2) is 0 Å². The molecule has 1 heterocycles. The van der Waals surface area contributed by atoms with Crippen molar-refractivity contribution in [3.05, 3.63) is 28.8 Å². The lowest BCUT2D eigenvalue weighted by Gasteiger charge is -2.22. The second-order valence-corrected chi connectivity index (χ2v) is 5.46. The first-order valence-electron chi connectivity index (χ1n) is 4.84. The molecule has 2 rings (SSSR count). The molecule has 0 spiro atoms. The molecule has 1 aromatic rings. The third-order valence-electron chi connectivity index (χ3n) is 2.89. The van der Waals surface area contributed by atoms with Gasteiger partial charge in [0.2, 0.25) is 0 Å². The monoisotopic (exact) mass is 209 g/mol. The van der Waals surface area contributed by atoms with Crippen LogP contribution in [0.25, 0.3) is 0 Å². The molecule has 2 nitrogen and oxygen atoms in total. The molecule has 2 unspecified atom stereocenters. The first kappa shape index (κ1) is 9.87. The van der Waals surface area contributed by atoms with E-state index in [2.05, 4.69) is 13.0 Å². The lowest BCUT2D eigenvalue weighted by molar-refractivity contribution is 0.636. The largest absolute Gasteiger partial charge is 0.324 e. The van der Waals surface area contributed by atoms with Crippen molar-refractivity contribution in [2.24, 2.45) is 5.73 Å². The average molecular weight is 209 g/mol. The fourth-order valence-electron chi connectivity index (χ4n) is 1.80. The van der Waals surface area contributed by atoms with Crippen LogP contribution < -0.4 is 5.73 Å². The summed E-state index contributed by atoms with van der Waals surface area (Å²) in [5, 5.41) is 0. The van der Waals surface area contributed by atoms with Crippen LogP contribution in [-0.2, 0) is 10.8 Å². The highest BCUT2D eigenvalue weighted by Gasteiger charge is 2.22. The highest BCUT2D eigenvalue weighted by molar-refractivity contribution is 7.85. The van der Waals surface area contributed by atoms with E-state index in [0.29, 0.717) is 5.75 Å². The van der Waals surface area contributed by atoms with Gasteiger partial charge in [0.1, 0.15) is 0 Å². The summed E-state index contributed by atoms with van der Waals surface area (Å²) in [7, 11) is -0.834. The van der Waals surface area contributed by atoms with Gasteiger partial charge in [-0.15, -0.1) is 0 Å². The molecular weight excluding hydrogens is 194 g/mol. The van der Waals surface area contributed by atoms with Crippen LogP contribution in [0.2, 0.25) is 0 Å². The van der Waals surface area contributed by atoms with E-state index in [1.807, 2.05) is 13.0 Å². The van der Waals surface area contributed by atoms with Crippen molar-refractivity contribution in [3.63, 3.8) is 0 Å². The smallest absolute Gasteiger partial charge is 0.0533 e. The van der Waals surface area contributed by atoms with Crippen LogP contribution in [-0.4, -0.2) is 9.96 Å². The highest BCUT2D eigenvalue weighted by atomic mass is 32.2. The van der Waals surface area contributed by atoms with Gasteiger partial charge in [0, 0.05) is 16.7 Å². The Morgan fingerprint density at radius 3 is 2.71 bits per heavy atom. The Morgan fingerprint density at radius 1 is 1.36 bits per heavy atom. The van der Waals surface area contributed by atoms with Crippen LogP contribution in [0.5, 0.6) is 0 Å². The fraction of sp³-hybridized carbons (Fsp3) is 0.455. The van der Waals surface area contributed by atoms with Crippen molar-refractivity contribution in [1.82, 2.24) is 0 Å². The fourth-order valence-corrected chi connectivity index (χ4v) is 3.27. The second-order valence-electron chi connectivity index (χ2n) is 3.92. The summed E-state index contributed by atoms with van der Waals surface area (Å²) in [4.78, 5) is 0.951. The van der Waals surface area contributed by atoms with Crippen LogP contribution in [0.1, 0.15) is 29.2 Å². The van der Waals surface area contributed by atoms with Crippen molar-refractivity contribution >= 4 is 10.8 Å². The third-order valence-corrected chi connectivity index (χ3v) is 4.34. The maximum atomic E-state index is 11.8. The van der Waals surface area contributed by atoms with Crippen LogP contribution in [0.3, 0.4) is 0 Å². The van der Waals surface area contributed by atoms with E-state index in [1.54, 1.807) is 0 Å². The average Bonchev–Trinajstić information content (AvgIpc) is 2.15. The first-order chi connectivity index (χ1) is 6.59. The predicted octanol–water partition coefficient (Wildman–Crippen LogP) is 1.81. The Bertz CT molecular complexity index is 401. The molecule has 0 fully saturated rings. The van der Waals surface area contributed by atoms with Crippen LogP contribution in [0.15, 0.2) is 17.0 Å². The molecule has 3 heteroatoms. The van der Waals surface area contributed by atoms with Gasteiger partial charge >= 0.3 is 0 Å². The normalized spacial score (nSPS) is 25.9. The third kappa shape index (κ3) is 1.51. The number of fused-ring (bicyclic) bond motifs is 1. The van der Waals surface area contributed by atoms with Gasteiger partial charge in [0.25, 0.3) is 0 Å². The Hall–Kier alpha value is -0.670. The van der Waals surface area contributed by atoms with E-state index in [0.717, 1.165) is 16.9 Å². The van der Waals surface area contributed by atoms with Gasteiger partial charge in [-0.05, 0) is 43.0 Å². The predicted molar refractivity (Wildman–Crippen MR) is 58.7 cm³/mol. The maximum absolute atomic E-state index is 11.8. The van der Waals surface area contributed by atoms with Crippen molar-refractivity contribution in [2.45, 2.75) is 31.2 Å². The highest BCUT2D eigenvalue weighted by Crippen LogP contribution is 2.30. The van der Waals surface area contributed by atoms with E-state index in [1.165, 1.54) is 11.1 Å². The van der Waals surface area contributed by atoms with Gasteiger partial charge in [-0.3, -0.25) is 4.21 Å². The van der Waals surface area contributed by atoms with Gasteiger partial charge in [-0.25, -0.2) is 0 Å². The van der Waals surface area contributed by atoms with Gasteiger partial charge in [-0.1, -0.05) is 6.07 Å². The van der Waals surface area contributed by atoms with E-state index >= 15 is 0 Å². The number of rotatable bonds is 0. The van der Waals surface area contributed by atoms with Crippen LogP contribution >= 0.6 is 0 Å². The summed E-state index contributed by atoms with van der Waals surface area (Å²) in [5.41, 5.74) is 9.51. The standard InChI is InChI=1S/C11H15NOS/c1-7-5-9-10(12)3-4-14(13)11(9)6-8(7)2/h5-6,10H,3-4,12H2,1-2H3. The maximum Gasteiger partial charge on any atom is 0.0533 e. The molecular formula is C11H15NOS. The molecule has 76 valence electrons. The molecule has 0 amide bonds. The zero-order valence-corrected chi connectivity index (χ0v) is 9.36. The van der Waals surface area contributed by atoms with E-state index in [-0.39, 0.29) is 6.04 Å². The van der Waals surface area contributed by atoms with Gasteiger partial charge < -0.3 is 5.73 Å². The molecule has 0 aliphatic carbocycles. The molecule has 0 aromatic heterocycles. The summed E-state index contributed by atoms with van der Waals surface area (Å²) in [5.74, 6) is 0.705. The van der Waals surface area contributed by atoms with E-state index in [4.69, 9.17) is 5.73 Å². The van der Waals surface area contributed by atoms with Crippen molar-refractivity contribution in [2.75, 3.05) is 5.75 Å². The van der Waals surface area contributed by atoms with Gasteiger partial charge in [-0.2, -0.15) is 0 Å². The molecule has 1 aromatic carbocycles. The number of nitrogens with two attached hydrogens (primary N) is 1. The van der Waals surface area contributed by atoms with Crippen LogP contribution in [0.4, 0.5) is 0 Å². The lowest BCUT2D eigenvalue weighted by atomic mass is 9.99. The minimum atomic E-state index is -0.834. The Kier molecular flexibility index (Phi) is 2.45. The zero-order valence-electron chi connectivity index (χ0n) is 8.54. The number of hydrogen-bond acceptors (Lipinski definition) is 2.